The Hall–Kier alpha value is -3.27. The van der Waals surface area contributed by atoms with Crippen molar-refractivity contribution in [2.45, 2.75) is 334 Å². The third-order valence-corrected chi connectivity index (χ3v) is 17.5. The van der Waals surface area contributed by atoms with Crippen molar-refractivity contribution in [2.75, 3.05) is 39.6 Å². The monoisotopic (exact) mass is 1350 g/mol. The number of hydrogen-bond acceptors (Lipinski definition) is 14. The molecular formula is C75H134O16P2. The summed E-state index contributed by atoms with van der Waals surface area (Å²) >= 11 is 0. The number of ether oxygens (including phenoxy) is 3. The third kappa shape index (κ3) is 69.9. The second-order valence-corrected chi connectivity index (χ2v) is 27.6. The molecule has 0 fully saturated rings. The standard InChI is InChI=1S/C75H134O16P2/c1-4-7-10-13-16-19-22-24-26-27-28-29-30-31-32-33-34-35-36-37-38-39-40-41-43-45-47-49-52-55-58-61-73(78)85-64-70(76)65-87-92(81,82)88-66-71(77)67-89-93(83,84)90-69-72(91-75(80)63-60-57-54-51-46-21-18-15-12-9-6-3)68-86-74(79)62-59-56-53-50-48-44-42-25-23-20-17-14-11-8-5-2/h7,10,16-17,19-20,24-26,28-29,31-32,42,70-72,76-77H,4-6,8-9,11-15,18,21-23,27,30,33-41,43-69H2,1-3H3,(H,81,82)(H,83,84)/b10-7-,19-16-,20-17-,26-24-,29-28-,32-31-,42-25-. The maximum Gasteiger partial charge on any atom is 0.472 e. The Morgan fingerprint density at radius 3 is 0.925 bits per heavy atom. The van der Waals surface area contributed by atoms with Crippen LogP contribution in [0.4, 0.5) is 0 Å². The quantitative estimate of drug-likeness (QED) is 0.0146. The van der Waals surface area contributed by atoms with Crippen molar-refractivity contribution in [1.82, 2.24) is 0 Å². The van der Waals surface area contributed by atoms with Crippen molar-refractivity contribution in [1.29, 1.82) is 0 Å². The van der Waals surface area contributed by atoms with Gasteiger partial charge in [0.15, 0.2) is 6.10 Å². The maximum absolute atomic E-state index is 12.9. The molecular weight excluding hydrogens is 1220 g/mol. The van der Waals surface area contributed by atoms with Crippen molar-refractivity contribution in [3.63, 3.8) is 0 Å². The molecule has 93 heavy (non-hydrogen) atoms. The number of phosphoric ester groups is 2. The molecule has 0 amide bonds. The van der Waals surface area contributed by atoms with Gasteiger partial charge < -0.3 is 34.2 Å². The molecule has 0 aromatic carbocycles. The number of phosphoric acid groups is 2. The summed E-state index contributed by atoms with van der Waals surface area (Å²) < 4.78 is 60.9. The first-order valence-electron chi connectivity index (χ1n) is 36.9. The van der Waals surface area contributed by atoms with E-state index in [1.807, 2.05) is 0 Å². The van der Waals surface area contributed by atoms with Gasteiger partial charge in [0.1, 0.15) is 25.4 Å². The second-order valence-electron chi connectivity index (χ2n) is 24.7. The molecule has 0 saturated heterocycles. The van der Waals surface area contributed by atoms with Crippen molar-refractivity contribution in [3.05, 3.63) is 85.1 Å². The third-order valence-electron chi connectivity index (χ3n) is 15.6. The van der Waals surface area contributed by atoms with Crippen molar-refractivity contribution < 1.29 is 75.8 Å². The molecule has 0 radical (unpaired) electrons. The number of carbonyl (C=O) groups excluding carboxylic acids is 3. The van der Waals surface area contributed by atoms with Crippen molar-refractivity contribution >= 4 is 33.6 Å². The molecule has 5 atom stereocenters. The summed E-state index contributed by atoms with van der Waals surface area (Å²) in [7, 11) is -9.76. The molecule has 4 N–H and O–H groups in total. The maximum atomic E-state index is 12.9. The number of carbonyl (C=O) groups is 3. The molecule has 0 heterocycles. The lowest BCUT2D eigenvalue weighted by Crippen LogP contribution is -2.30. The van der Waals surface area contributed by atoms with E-state index in [-0.39, 0.29) is 19.3 Å². The molecule has 0 aliphatic heterocycles. The van der Waals surface area contributed by atoms with E-state index < -0.39 is 91.5 Å². The Morgan fingerprint density at radius 2 is 0.570 bits per heavy atom. The van der Waals surface area contributed by atoms with Gasteiger partial charge in [0.2, 0.25) is 0 Å². The minimum absolute atomic E-state index is 0.106. The number of unbranched alkanes of at least 4 members (excludes halogenated alkanes) is 33. The number of hydrogen-bond donors (Lipinski definition) is 4. The topological polar surface area (TPSA) is 231 Å². The van der Waals surface area contributed by atoms with Gasteiger partial charge in [0, 0.05) is 19.3 Å². The van der Waals surface area contributed by atoms with E-state index in [2.05, 4.69) is 106 Å². The fourth-order valence-corrected chi connectivity index (χ4v) is 11.6. The highest BCUT2D eigenvalue weighted by Gasteiger charge is 2.29. The number of rotatable bonds is 70. The largest absolute Gasteiger partial charge is 0.472 e. The predicted molar refractivity (Wildman–Crippen MR) is 381 cm³/mol. The van der Waals surface area contributed by atoms with E-state index in [0.717, 1.165) is 122 Å². The lowest BCUT2D eigenvalue weighted by Gasteiger charge is -2.21. The molecule has 0 rings (SSSR count). The summed E-state index contributed by atoms with van der Waals surface area (Å²) in [6.07, 6.45) is 75.2. The number of allylic oxidation sites excluding steroid dienone is 14. The fourth-order valence-electron chi connectivity index (χ4n) is 9.98. The zero-order valence-electron chi connectivity index (χ0n) is 58.7. The molecule has 0 aliphatic rings. The van der Waals surface area contributed by atoms with E-state index in [1.165, 1.54) is 135 Å². The van der Waals surface area contributed by atoms with Gasteiger partial charge in [-0.3, -0.25) is 32.5 Å². The van der Waals surface area contributed by atoms with E-state index in [4.69, 9.17) is 32.3 Å². The van der Waals surface area contributed by atoms with Crippen LogP contribution in [-0.4, -0.2) is 95.9 Å². The van der Waals surface area contributed by atoms with Gasteiger partial charge in [0.05, 0.1) is 26.4 Å². The molecule has 0 aliphatic carbocycles. The summed E-state index contributed by atoms with van der Waals surface area (Å²) in [4.78, 5) is 58.3. The lowest BCUT2D eigenvalue weighted by atomic mass is 10.0. The molecule has 0 bridgehead atoms. The molecule has 18 heteroatoms. The van der Waals surface area contributed by atoms with E-state index in [9.17, 15) is 43.5 Å². The molecule has 0 spiro atoms. The number of aliphatic hydroxyl groups is 2. The van der Waals surface area contributed by atoms with Crippen LogP contribution in [0.3, 0.4) is 0 Å². The number of esters is 3. The Kier molecular flexibility index (Phi) is 66.2. The van der Waals surface area contributed by atoms with Crippen LogP contribution >= 0.6 is 15.6 Å². The van der Waals surface area contributed by atoms with Crippen LogP contribution in [0.25, 0.3) is 0 Å². The van der Waals surface area contributed by atoms with Gasteiger partial charge in [-0.1, -0.05) is 286 Å². The van der Waals surface area contributed by atoms with Gasteiger partial charge in [-0.15, -0.1) is 0 Å². The Labute approximate surface area is 565 Å². The van der Waals surface area contributed by atoms with Crippen LogP contribution in [-0.2, 0) is 55.8 Å². The smallest absolute Gasteiger partial charge is 0.463 e. The van der Waals surface area contributed by atoms with Gasteiger partial charge in [-0.05, 0) is 96.3 Å². The first kappa shape index (κ1) is 89.7. The molecule has 0 saturated carbocycles. The zero-order chi connectivity index (χ0) is 68.1. The average molecular weight is 1350 g/mol. The van der Waals surface area contributed by atoms with Crippen LogP contribution in [0.15, 0.2) is 85.1 Å². The van der Waals surface area contributed by atoms with Crippen LogP contribution in [0, 0.1) is 0 Å². The second kappa shape index (κ2) is 68.7. The molecule has 5 unspecified atom stereocenters. The average Bonchev–Trinajstić information content (AvgIpc) is 2.38. The minimum atomic E-state index is -4.92. The summed E-state index contributed by atoms with van der Waals surface area (Å²) in [6, 6.07) is 0. The minimum Gasteiger partial charge on any atom is -0.463 e. The summed E-state index contributed by atoms with van der Waals surface area (Å²) in [5, 5.41) is 20.6. The summed E-state index contributed by atoms with van der Waals surface area (Å²) in [5.74, 6) is -1.58. The van der Waals surface area contributed by atoms with Crippen molar-refractivity contribution in [3.8, 4) is 0 Å². The Morgan fingerprint density at radius 1 is 0.312 bits per heavy atom. The predicted octanol–water partition coefficient (Wildman–Crippen LogP) is 20.9. The highest BCUT2D eigenvalue weighted by atomic mass is 31.2. The van der Waals surface area contributed by atoms with Gasteiger partial charge in [-0.25, -0.2) is 9.13 Å². The first-order chi connectivity index (χ1) is 45.2. The molecule has 0 aromatic rings. The normalized spacial score (nSPS) is 14.6. The lowest BCUT2D eigenvalue weighted by molar-refractivity contribution is -0.161. The summed E-state index contributed by atoms with van der Waals surface area (Å²) in [6.45, 7) is 2.53. The number of aliphatic hydroxyl groups excluding tert-OH is 2. The van der Waals surface area contributed by atoms with E-state index in [1.54, 1.807) is 0 Å². The van der Waals surface area contributed by atoms with Crippen molar-refractivity contribution in [2.24, 2.45) is 0 Å². The first-order valence-corrected chi connectivity index (χ1v) is 39.9. The fraction of sp³-hybridized carbons (Fsp3) is 0.773. The van der Waals surface area contributed by atoms with E-state index >= 15 is 0 Å². The molecule has 540 valence electrons. The summed E-state index contributed by atoms with van der Waals surface area (Å²) in [5.41, 5.74) is 0. The van der Waals surface area contributed by atoms with Crippen LogP contribution in [0.5, 0.6) is 0 Å². The van der Waals surface area contributed by atoms with Crippen LogP contribution < -0.4 is 0 Å². The zero-order valence-corrected chi connectivity index (χ0v) is 60.5. The van der Waals surface area contributed by atoms with Crippen LogP contribution in [0.1, 0.15) is 316 Å². The van der Waals surface area contributed by atoms with Gasteiger partial charge >= 0.3 is 33.6 Å². The van der Waals surface area contributed by atoms with Gasteiger partial charge in [0.25, 0.3) is 0 Å². The SMILES string of the molecule is CC/C=C\C/C=C\C/C=C\C/C=C\C/C=C\CCCCCCCCCCCCCCCCCC(=O)OCC(O)COP(=O)(O)OCC(O)COP(=O)(O)OCC(COC(=O)CCCCCCC/C=C\C/C=C\CCCCC)OC(=O)CCCCCCCCCCCCC. The highest BCUT2D eigenvalue weighted by Crippen LogP contribution is 2.45. The Balaban J connectivity index is 4.35. The van der Waals surface area contributed by atoms with E-state index in [0.29, 0.717) is 19.3 Å². The van der Waals surface area contributed by atoms with Crippen LogP contribution in [0.2, 0.25) is 0 Å². The Bertz CT molecular complexity index is 2040. The molecule has 0 aromatic heterocycles. The molecule has 16 nitrogen and oxygen atoms in total. The van der Waals surface area contributed by atoms with Gasteiger partial charge in [-0.2, -0.15) is 0 Å². The highest BCUT2D eigenvalue weighted by molar-refractivity contribution is 7.47.